The van der Waals surface area contributed by atoms with Crippen molar-refractivity contribution in [3.63, 3.8) is 0 Å². The van der Waals surface area contributed by atoms with Crippen LogP contribution in [0.3, 0.4) is 0 Å². The van der Waals surface area contributed by atoms with Gasteiger partial charge in [-0.25, -0.2) is 9.59 Å². The molecule has 0 unspecified atom stereocenters. The molecule has 0 radical (unpaired) electrons. The van der Waals surface area contributed by atoms with Crippen LogP contribution in [0, 0.1) is 0 Å². The molecule has 138 valence electrons. The molecule has 0 saturated carbocycles. The van der Waals surface area contributed by atoms with E-state index in [2.05, 4.69) is 10.2 Å². The molecule has 23 heavy (non-hydrogen) atoms. The molecule has 0 aromatic carbocycles. The second kappa shape index (κ2) is 8.88. The topological polar surface area (TPSA) is 110 Å². The van der Waals surface area contributed by atoms with E-state index < -0.39 is 24.3 Å². The number of carboxylic acid groups (broad SMARTS) is 2. The predicted molar refractivity (Wildman–Crippen MR) is 63.8 cm³/mol. The minimum atomic E-state index is -5.08. The van der Waals surface area contributed by atoms with Gasteiger partial charge in [-0.05, 0) is 14.1 Å². The molecule has 4 N–H and O–H groups in total. The van der Waals surface area contributed by atoms with Crippen LogP contribution < -0.4 is 5.32 Å². The summed E-state index contributed by atoms with van der Waals surface area (Å²) >= 11 is 0. The molecule has 0 aromatic rings. The number of halogens is 6. The van der Waals surface area contributed by atoms with E-state index >= 15 is 0 Å². The summed E-state index contributed by atoms with van der Waals surface area (Å²) in [5.41, 5.74) is 0.0417. The Bertz CT molecular complexity index is 363. The van der Waals surface area contributed by atoms with Crippen molar-refractivity contribution in [1.82, 2.24) is 10.2 Å². The quantitative estimate of drug-likeness (QED) is 0.520. The van der Waals surface area contributed by atoms with Gasteiger partial charge < -0.3 is 20.6 Å². The summed E-state index contributed by atoms with van der Waals surface area (Å²) in [5.74, 6) is -5.51. The third-order valence-electron chi connectivity index (χ3n) is 2.64. The van der Waals surface area contributed by atoms with Crippen LogP contribution in [0.5, 0.6) is 0 Å². The molecular formula is C10H16F6N2O5. The molecule has 1 aliphatic heterocycles. The predicted octanol–water partition coefficient (Wildman–Crippen LogP) is 0.149. The molecule has 1 saturated heterocycles. The maximum atomic E-state index is 10.6. The monoisotopic (exact) mass is 358 g/mol. The van der Waals surface area contributed by atoms with Gasteiger partial charge in [0.25, 0.3) is 0 Å². The molecule has 0 bridgehead atoms. The Morgan fingerprint density at radius 3 is 1.26 bits per heavy atom. The fraction of sp³-hybridized carbons (Fsp3) is 0.800. The van der Waals surface area contributed by atoms with Crippen LogP contribution in [0.1, 0.15) is 0 Å². The molecule has 0 spiro atoms. The minimum Gasteiger partial charge on any atom is -0.475 e. The first-order chi connectivity index (χ1) is 10.1. The number of hydrogen-bond acceptors (Lipinski definition) is 5. The molecule has 1 aliphatic rings. The maximum absolute atomic E-state index is 10.6. The number of aliphatic hydroxyl groups is 1. The number of alkyl halides is 6. The smallest absolute Gasteiger partial charge is 0.475 e. The van der Waals surface area contributed by atoms with Gasteiger partial charge in [-0.1, -0.05) is 0 Å². The largest absolute Gasteiger partial charge is 0.490 e. The third-order valence-corrected chi connectivity index (χ3v) is 2.64. The number of aliphatic hydroxyl groups excluding tert-OH is 1. The number of nitrogens with zero attached hydrogens (tertiary/aromatic N) is 1. The van der Waals surface area contributed by atoms with Gasteiger partial charge in [0, 0.05) is 13.1 Å². The second-order valence-electron chi connectivity index (χ2n) is 4.49. The minimum absolute atomic E-state index is 0.0417. The molecule has 1 fully saturated rings. The van der Waals surface area contributed by atoms with E-state index in [1.165, 1.54) is 0 Å². The number of carbonyl (C=O) groups is 2. The zero-order chi connectivity index (χ0) is 19.1. The van der Waals surface area contributed by atoms with Gasteiger partial charge in [0.1, 0.15) is 0 Å². The molecule has 0 amide bonds. The van der Waals surface area contributed by atoms with Gasteiger partial charge >= 0.3 is 24.3 Å². The standard InChI is InChI=1S/C6H14N2O.2C2HF3O2/c1-8(2)6(5-9)3-7-4-6;2*3-2(4,5)1(6)7/h7,9H,3-5H2,1-2H3;2*(H,6,7). The zero-order valence-electron chi connectivity index (χ0n) is 12.0. The first-order valence-electron chi connectivity index (χ1n) is 5.69. The van der Waals surface area contributed by atoms with Gasteiger partial charge in [-0.2, -0.15) is 26.3 Å². The molecular weight excluding hydrogens is 342 g/mol. The van der Waals surface area contributed by atoms with Gasteiger partial charge in [0.2, 0.25) is 0 Å². The second-order valence-corrected chi connectivity index (χ2v) is 4.49. The summed E-state index contributed by atoms with van der Waals surface area (Å²) in [5, 5.41) is 26.3. The average molecular weight is 358 g/mol. The summed E-state index contributed by atoms with van der Waals surface area (Å²) in [4.78, 5) is 19.9. The first kappa shape index (κ1) is 23.7. The van der Waals surface area contributed by atoms with E-state index in [9.17, 15) is 26.3 Å². The summed E-state index contributed by atoms with van der Waals surface area (Å²) in [6.07, 6.45) is -10.2. The highest BCUT2D eigenvalue weighted by Gasteiger charge is 2.39. The molecule has 1 heterocycles. The average Bonchev–Trinajstić information content (AvgIpc) is 2.26. The van der Waals surface area contributed by atoms with Crippen LogP contribution in [-0.4, -0.2) is 83.8 Å². The number of hydrogen-bond donors (Lipinski definition) is 4. The lowest BCUT2D eigenvalue weighted by Gasteiger charge is -2.46. The van der Waals surface area contributed by atoms with Crippen molar-refractivity contribution in [3.05, 3.63) is 0 Å². The normalized spacial score (nSPS) is 16.3. The molecule has 13 heteroatoms. The Kier molecular flexibility index (Phi) is 9.14. The summed E-state index contributed by atoms with van der Waals surface area (Å²) < 4.78 is 63.5. The highest BCUT2D eigenvalue weighted by atomic mass is 19.4. The van der Waals surface area contributed by atoms with E-state index in [0.717, 1.165) is 13.1 Å². The van der Waals surface area contributed by atoms with Crippen molar-refractivity contribution in [2.24, 2.45) is 0 Å². The zero-order valence-corrected chi connectivity index (χ0v) is 12.0. The number of nitrogens with one attached hydrogen (secondary N) is 1. The summed E-state index contributed by atoms with van der Waals surface area (Å²) in [6.45, 7) is 2.08. The summed E-state index contributed by atoms with van der Waals surface area (Å²) in [6, 6.07) is 0. The Morgan fingerprint density at radius 1 is 1.00 bits per heavy atom. The Morgan fingerprint density at radius 2 is 1.26 bits per heavy atom. The van der Waals surface area contributed by atoms with Gasteiger partial charge in [-0.3, -0.25) is 4.90 Å². The highest BCUT2D eigenvalue weighted by Crippen LogP contribution is 2.15. The van der Waals surface area contributed by atoms with E-state index in [1.807, 2.05) is 14.1 Å². The van der Waals surface area contributed by atoms with Crippen molar-refractivity contribution >= 4 is 11.9 Å². The van der Waals surface area contributed by atoms with Crippen LogP contribution in [0.2, 0.25) is 0 Å². The molecule has 7 nitrogen and oxygen atoms in total. The summed E-state index contributed by atoms with van der Waals surface area (Å²) in [7, 11) is 3.99. The molecule has 0 aromatic heterocycles. The number of carboxylic acids is 2. The number of aliphatic carboxylic acids is 2. The fourth-order valence-corrected chi connectivity index (χ4v) is 0.983. The highest BCUT2D eigenvalue weighted by molar-refractivity contribution is 5.73. The van der Waals surface area contributed by atoms with Gasteiger partial charge in [0.05, 0.1) is 12.1 Å². The number of likely N-dealkylation sites (N-methyl/N-ethyl adjacent to an activating group) is 1. The molecule has 0 atom stereocenters. The molecule has 1 rings (SSSR count). The van der Waals surface area contributed by atoms with Crippen LogP contribution in [-0.2, 0) is 9.59 Å². The van der Waals surface area contributed by atoms with E-state index in [1.54, 1.807) is 0 Å². The maximum Gasteiger partial charge on any atom is 0.490 e. The SMILES string of the molecule is CN(C)C1(CO)CNC1.O=C(O)C(F)(F)F.O=C(O)C(F)(F)F. The van der Waals surface area contributed by atoms with Crippen LogP contribution in [0.4, 0.5) is 26.3 Å². The van der Waals surface area contributed by atoms with Gasteiger partial charge in [-0.15, -0.1) is 0 Å². The Hall–Kier alpha value is -1.60. The van der Waals surface area contributed by atoms with Gasteiger partial charge in [0.15, 0.2) is 0 Å². The van der Waals surface area contributed by atoms with Crippen LogP contribution >= 0.6 is 0 Å². The lowest BCUT2D eigenvalue weighted by atomic mass is 9.92. The van der Waals surface area contributed by atoms with Crippen molar-refractivity contribution < 1.29 is 51.3 Å². The van der Waals surface area contributed by atoms with Crippen LogP contribution in [0.15, 0.2) is 0 Å². The van der Waals surface area contributed by atoms with E-state index in [0.29, 0.717) is 0 Å². The fourth-order valence-electron chi connectivity index (χ4n) is 0.983. The Balaban J connectivity index is 0. The van der Waals surface area contributed by atoms with E-state index in [-0.39, 0.29) is 12.1 Å². The lowest BCUT2D eigenvalue weighted by Crippen LogP contribution is -2.69. The van der Waals surface area contributed by atoms with Crippen molar-refractivity contribution in [3.8, 4) is 0 Å². The van der Waals surface area contributed by atoms with Crippen molar-refractivity contribution in [2.45, 2.75) is 17.9 Å². The first-order valence-corrected chi connectivity index (χ1v) is 5.69. The van der Waals surface area contributed by atoms with E-state index in [4.69, 9.17) is 24.9 Å². The number of rotatable bonds is 2. The van der Waals surface area contributed by atoms with Crippen LogP contribution in [0.25, 0.3) is 0 Å². The Labute approximate surface area is 126 Å². The van der Waals surface area contributed by atoms with Crippen molar-refractivity contribution in [2.75, 3.05) is 33.8 Å². The molecule has 0 aliphatic carbocycles. The lowest BCUT2D eigenvalue weighted by molar-refractivity contribution is -0.193. The third kappa shape index (κ3) is 9.20. The van der Waals surface area contributed by atoms with Crippen molar-refractivity contribution in [1.29, 1.82) is 0 Å².